The van der Waals surface area contributed by atoms with E-state index in [1.807, 2.05) is 0 Å². The maximum absolute atomic E-state index is 13.3. The molecular weight excluding hydrogens is 280 g/mol. The Morgan fingerprint density at radius 3 is 2.43 bits per heavy atom. The van der Waals surface area contributed by atoms with Gasteiger partial charge in [0.2, 0.25) is 0 Å². The van der Waals surface area contributed by atoms with Gasteiger partial charge in [0.1, 0.15) is 13.2 Å². The quantitative estimate of drug-likeness (QED) is 0.682. The first kappa shape index (κ1) is 13.4. The van der Waals surface area contributed by atoms with E-state index in [4.69, 9.17) is 15.2 Å². The van der Waals surface area contributed by atoms with E-state index in [1.165, 1.54) is 12.1 Å². The summed E-state index contributed by atoms with van der Waals surface area (Å²) in [6, 6.07) is 6.20. The average Bonchev–Trinajstić information content (AvgIpc) is 2.50. The third-order valence-corrected chi connectivity index (χ3v) is 3.14. The number of fused-ring (bicyclic) bond motifs is 1. The Kier molecular flexibility index (Phi) is 3.21. The molecule has 0 radical (unpaired) electrons. The van der Waals surface area contributed by atoms with Gasteiger partial charge in [0, 0.05) is 22.9 Å². The molecule has 0 bridgehead atoms. The first-order chi connectivity index (χ1) is 10.1. The first-order valence-electron chi connectivity index (χ1n) is 6.25. The number of halogens is 2. The van der Waals surface area contributed by atoms with Gasteiger partial charge in [-0.25, -0.2) is 8.78 Å². The SMILES string of the molecule is Nc1cc(F)c(F)cc1C(=O)c1ccc2c(c1)OCCO2. The van der Waals surface area contributed by atoms with Crippen molar-refractivity contribution in [3.05, 3.63) is 53.1 Å². The predicted molar refractivity (Wildman–Crippen MR) is 71.6 cm³/mol. The fraction of sp³-hybridized carbons (Fsp3) is 0.133. The Bertz CT molecular complexity index is 731. The highest BCUT2D eigenvalue weighted by Crippen LogP contribution is 2.32. The minimum atomic E-state index is -1.12. The molecule has 0 spiro atoms. The van der Waals surface area contributed by atoms with Crippen LogP contribution in [0.1, 0.15) is 15.9 Å². The molecule has 0 unspecified atom stereocenters. The van der Waals surface area contributed by atoms with Crippen molar-refractivity contribution in [3.63, 3.8) is 0 Å². The van der Waals surface area contributed by atoms with Crippen molar-refractivity contribution in [1.82, 2.24) is 0 Å². The van der Waals surface area contributed by atoms with Gasteiger partial charge in [-0.05, 0) is 24.3 Å². The number of nitrogen functional groups attached to an aromatic ring is 1. The number of anilines is 1. The van der Waals surface area contributed by atoms with E-state index in [9.17, 15) is 13.6 Å². The second-order valence-corrected chi connectivity index (χ2v) is 4.54. The van der Waals surface area contributed by atoms with Crippen LogP contribution in [-0.4, -0.2) is 19.0 Å². The zero-order valence-corrected chi connectivity index (χ0v) is 10.9. The molecule has 0 saturated heterocycles. The Morgan fingerprint density at radius 2 is 1.67 bits per heavy atom. The predicted octanol–water partition coefficient (Wildman–Crippen LogP) is 2.55. The molecule has 0 atom stereocenters. The number of nitrogens with two attached hydrogens (primary N) is 1. The zero-order chi connectivity index (χ0) is 15.0. The minimum Gasteiger partial charge on any atom is -0.486 e. The molecule has 0 aromatic heterocycles. The van der Waals surface area contributed by atoms with Crippen LogP contribution >= 0.6 is 0 Å². The second kappa shape index (κ2) is 5.05. The number of carbonyl (C=O) groups excluding carboxylic acids is 1. The fourth-order valence-corrected chi connectivity index (χ4v) is 2.10. The van der Waals surface area contributed by atoms with Crippen LogP contribution in [0, 0.1) is 11.6 Å². The summed E-state index contributed by atoms with van der Waals surface area (Å²) in [5, 5.41) is 0. The molecule has 4 nitrogen and oxygen atoms in total. The van der Waals surface area contributed by atoms with E-state index < -0.39 is 17.4 Å². The van der Waals surface area contributed by atoms with Gasteiger partial charge >= 0.3 is 0 Å². The molecule has 2 aromatic carbocycles. The first-order valence-corrected chi connectivity index (χ1v) is 6.25. The van der Waals surface area contributed by atoms with E-state index >= 15 is 0 Å². The van der Waals surface area contributed by atoms with Gasteiger partial charge in [-0.15, -0.1) is 0 Å². The van der Waals surface area contributed by atoms with Crippen LogP contribution in [-0.2, 0) is 0 Å². The van der Waals surface area contributed by atoms with Gasteiger partial charge in [-0.1, -0.05) is 0 Å². The molecular formula is C15H11F2NO3. The summed E-state index contributed by atoms with van der Waals surface area (Å²) in [6.07, 6.45) is 0. The highest BCUT2D eigenvalue weighted by Gasteiger charge is 2.19. The average molecular weight is 291 g/mol. The molecule has 1 heterocycles. The van der Waals surface area contributed by atoms with E-state index in [-0.39, 0.29) is 16.8 Å². The van der Waals surface area contributed by atoms with E-state index in [2.05, 4.69) is 0 Å². The maximum atomic E-state index is 13.3. The van der Waals surface area contributed by atoms with Crippen molar-refractivity contribution >= 4 is 11.5 Å². The number of carbonyl (C=O) groups is 1. The normalized spacial score (nSPS) is 13.0. The second-order valence-electron chi connectivity index (χ2n) is 4.54. The van der Waals surface area contributed by atoms with Crippen molar-refractivity contribution in [2.45, 2.75) is 0 Å². The van der Waals surface area contributed by atoms with E-state index in [1.54, 1.807) is 6.07 Å². The Labute approximate surface area is 119 Å². The van der Waals surface area contributed by atoms with Gasteiger partial charge < -0.3 is 15.2 Å². The van der Waals surface area contributed by atoms with E-state index in [0.29, 0.717) is 24.7 Å². The van der Waals surface area contributed by atoms with Gasteiger partial charge in [0.25, 0.3) is 0 Å². The number of rotatable bonds is 2. The lowest BCUT2D eigenvalue weighted by molar-refractivity contribution is 0.103. The molecule has 0 amide bonds. The van der Waals surface area contributed by atoms with Crippen molar-refractivity contribution in [1.29, 1.82) is 0 Å². The molecule has 1 aliphatic heterocycles. The summed E-state index contributed by atoms with van der Waals surface area (Å²) in [4.78, 5) is 12.4. The Balaban J connectivity index is 2.01. The lowest BCUT2D eigenvalue weighted by Gasteiger charge is -2.18. The molecule has 0 saturated carbocycles. The summed E-state index contributed by atoms with van der Waals surface area (Å²) in [7, 11) is 0. The van der Waals surface area contributed by atoms with Gasteiger partial charge in [0.05, 0.1) is 0 Å². The summed E-state index contributed by atoms with van der Waals surface area (Å²) in [5.74, 6) is -1.75. The smallest absolute Gasteiger partial charge is 0.195 e. The lowest BCUT2D eigenvalue weighted by atomic mass is 10.0. The van der Waals surface area contributed by atoms with E-state index in [0.717, 1.165) is 12.1 Å². The number of hydrogen-bond acceptors (Lipinski definition) is 4. The number of hydrogen-bond donors (Lipinski definition) is 1. The molecule has 21 heavy (non-hydrogen) atoms. The van der Waals surface area contributed by atoms with Crippen LogP contribution in [0.3, 0.4) is 0 Å². The monoisotopic (exact) mass is 291 g/mol. The molecule has 0 aliphatic carbocycles. The standard InChI is InChI=1S/C15H11F2NO3/c16-10-6-9(12(18)7-11(10)17)15(19)8-1-2-13-14(5-8)21-4-3-20-13/h1-2,5-7H,3-4,18H2. The van der Waals surface area contributed by atoms with Crippen LogP contribution < -0.4 is 15.2 Å². The largest absolute Gasteiger partial charge is 0.486 e. The molecule has 2 aromatic rings. The molecule has 3 rings (SSSR count). The van der Waals surface area contributed by atoms with Gasteiger partial charge in [-0.3, -0.25) is 4.79 Å². The lowest BCUT2D eigenvalue weighted by Crippen LogP contribution is -2.16. The van der Waals surface area contributed by atoms with Crippen LogP contribution in [0.25, 0.3) is 0 Å². The fourth-order valence-electron chi connectivity index (χ4n) is 2.10. The number of benzene rings is 2. The molecule has 6 heteroatoms. The van der Waals surface area contributed by atoms with Crippen molar-refractivity contribution < 1.29 is 23.0 Å². The molecule has 1 aliphatic rings. The van der Waals surface area contributed by atoms with Crippen molar-refractivity contribution in [3.8, 4) is 11.5 Å². The highest BCUT2D eigenvalue weighted by atomic mass is 19.2. The topological polar surface area (TPSA) is 61.6 Å². The molecule has 108 valence electrons. The van der Waals surface area contributed by atoms with Crippen LogP contribution in [0.15, 0.2) is 30.3 Å². The number of ketones is 1. The van der Waals surface area contributed by atoms with Crippen molar-refractivity contribution in [2.24, 2.45) is 0 Å². The molecule has 2 N–H and O–H groups in total. The van der Waals surface area contributed by atoms with Gasteiger partial charge in [-0.2, -0.15) is 0 Å². The highest BCUT2D eigenvalue weighted by molar-refractivity contribution is 6.12. The summed E-state index contributed by atoms with van der Waals surface area (Å²) >= 11 is 0. The minimum absolute atomic E-state index is 0.0921. The Hall–Kier alpha value is -2.63. The molecule has 0 fully saturated rings. The third-order valence-electron chi connectivity index (χ3n) is 3.14. The maximum Gasteiger partial charge on any atom is 0.195 e. The summed E-state index contributed by atoms with van der Waals surface area (Å²) < 4.78 is 37.1. The van der Waals surface area contributed by atoms with Crippen LogP contribution in [0.4, 0.5) is 14.5 Å². The van der Waals surface area contributed by atoms with Crippen LogP contribution in [0.5, 0.6) is 11.5 Å². The Morgan fingerprint density at radius 1 is 1.00 bits per heavy atom. The third kappa shape index (κ3) is 2.40. The summed E-state index contributed by atoms with van der Waals surface area (Å²) in [5.41, 5.74) is 5.64. The number of ether oxygens (including phenoxy) is 2. The zero-order valence-electron chi connectivity index (χ0n) is 10.9. The van der Waals surface area contributed by atoms with Crippen LogP contribution in [0.2, 0.25) is 0 Å². The summed E-state index contributed by atoms with van der Waals surface area (Å²) in [6.45, 7) is 0.828. The van der Waals surface area contributed by atoms with Crippen molar-refractivity contribution in [2.75, 3.05) is 18.9 Å². The van der Waals surface area contributed by atoms with Gasteiger partial charge in [0.15, 0.2) is 28.9 Å².